The minimum Gasteiger partial charge on any atom is -0.300 e. The van der Waals surface area contributed by atoms with Crippen LogP contribution in [0, 0.1) is 0 Å². The van der Waals surface area contributed by atoms with Crippen LogP contribution in [0.15, 0.2) is 35.4 Å². The Kier molecular flexibility index (Phi) is 7.38. The zero-order valence-electron chi connectivity index (χ0n) is 13.5. The number of carbonyl (C=O) groups excluding carboxylic acids is 1. The van der Waals surface area contributed by atoms with Gasteiger partial charge in [-0.05, 0) is 39.8 Å². The molecule has 0 radical (unpaired) electrons. The largest absolute Gasteiger partial charge is 0.400 e. The first-order chi connectivity index (χ1) is 10.8. The molecule has 3 N–H and O–H groups in total. The van der Waals surface area contributed by atoms with E-state index in [1.165, 1.54) is 0 Å². The van der Waals surface area contributed by atoms with Gasteiger partial charge in [-0.15, -0.1) is 5.10 Å². The second kappa shape index (κ2) is 8.79. The van der Waals surface area contributed by atoms with Gasteiger partial charge in [0.15, 0.2) is 0 Å². The molecular weight excluding hydrogens is 321 g/mol. The average molecular weight is 343 g/mol. The fourth-order valence-electron chi connectivity index (χ4n) is 1.59. The van der Waals surface area contributed by atoms with Gasteiger partial charge < -0.3 is 9.05 Å². The van der Waals surface area contributed by atoms with Crippen LogP contribution in [-0.2, 0) is 13.6 Å². The summed E-state index contributed by atoms with van der Waals surface area (Å²) in [7, 11) is -3.92. The molecule has 0 aliphatic heterocycles. The van der Waals surface area contributed by atoms with Crippen LogP contribution in [0.5, 0.6) is 0 Å². The Labute approximate surface area is 135 Å². The molecule has 0 atom stereocenters. The number of hydroxylamine groups is 1. The van der Waals surface area contributed by atoms with E-state index in [1.807, 2.05) is 0 Å². The van der Waals surface area contributed by atoms with Crippen molar-refractivity contribution in [1.29, 1.82) is 0 Å². The van der Waals surface area contributed by atoms with Crippen LogP contribution in [0.1, 0.15) is 38.1 Å². The SMILES string of the molecule is CC(C)OP(=O)(OC(C)C)/C(=N/NC(=O)c1ccccc1)NO. The molecule has 0 aliphatic rings. The molecule has 0 aromatic heterocycles. The van der Waals surface area contributed by atoms with Gasteiger partial charge in [-0.1, -0.05) is 18.2 Å². The first kappa shape index (κ1) is 19.3. The molecule has 0 saturated heterocycles. The van der Waals surface area contributed by atoms with Gasteiger partial charge in [0.1, 0.15) is 0 Å². The third-order valence-corrected chi connectivity index (χ3v) is 4.48. The molecule has 0 bridgehead atoms. The van der Waals surface area contributed by atoms with Crippen molar-refractivity contribution in [2.75, 3.05) is 0 Å². The van der Waals surface area contributed by atoms with E-state index in [1.54, 1.807) is 63.5 Å². The fourth-order valence-corrected chi connectivity index (χ4v) is 3.24. The van der Waals surface area contributed by atoms with Crippen molar-refractivity contribution in [1.82, 2.24) is 10.9 Å². The lowest BCUT2D eigenvalue weighted by molar-refractivity contribution is 0.0954. The molecule has 0 fully saturated rings. The zero-order chi connectivity index (χ0) is 17.5. The molecular formula is C14H22N3O5P. The Morgan fingerprint density at radius 3 is 2.09 bits per heavy atom. The van der Waals surface area contributed by atoms with Crippen molar-refractivity contribution in [2.24, 2.45) is 5.10 Å². The molecule has 128 valence electrons. The molecule has 8 nitrogen and oxygen atoms in total. The molecule has 1 aromatic rings. The van der Waals surface area contributed by atoms with Gasteiger partial charge in [0.05, 0.1) is 12.2 Å². The number of nitrogens with zero attached hydrogens (tertiary/aromatic N) is 1. The van der Waals surface area contributed by atoms with E-state index in [4.69, 9.17) is 9.05 Å². The number of hydrogen-bond acceptors (Lipinski definition) is 6. The molecule has 0 saturated carbocycles. The molecule has 0 heterocycles. The quantitative estimate of drug-likeness (QED) is 0.304. The minimum absolute atomic E-state index is 0.359. The lowest BCUT2D eigenvalue weighted by Gasteiger charge is -2.22. The van der Waals surface area contributed by atoms with Crippen LogP contribution in [-0.4, -0.2) is 28.9 Å². The number of rotatable bonds is 7. The van der Waals surface area contributed by atoms with Crippen LogP contribution in [0.2, 0.25) is 0 Å². The predicted octanol–water partition coefficient (Wildman–Crippen LogP) is 2.71. The maximum Gasteiger partial charge on any atom is 0.400 e. The van der Waals surface area contributed by atoms with Crippen molar-refractivity contribution in [3.63, 3.8) is 0 Å². The molecule has 1 amide bonds. The predicted molar refractivity (Wildman–Crippen MR) is 86.3 cm³/mol. The third kappa shape index (κ3) is 6.11. The highest BCUT2D eigenvalue weighted by Crippen LogP contribution is 2.50. The minimum atomic E-state index is -3.92. The van der Waals surface area contributed by atoms with E-state index in [0.29, 0.717) is 5.56 Å². The summed E-state index contributed by atoms with van der Waals surface area (Å²) in [6.07, 6.45) is -0.883. The first-order valence-electron chi connectivity index (χ1n) is 7.09. The van der Waals surface area contributed by atoms with Gasteiger partial charge in [0.2, 0.25) is 0 Å². The Hall–Kier alpha value is -1.73. The summed E-state index contributed by atoms with van der Waals surface area (Å²) < 4.78 is 23.3. The molecule has 0 aliphatic carbocycles. The van der Waals surface area contributed by atoms with Crippen molar-refractivity contribution in [2.45, 2.75) is 39.9 Å². The second-order valence-electron chi connectivity index (χ2n) is 5.16. The summed E-state index contributed by atoms with van der Waals surface area (Å²) in [6.45, 7) is 6.64. The van der Waals surface area contributed by atoms with Gasteiger partial charge in [-0.25, -0.2) is 10.9 Å². The summed E-state index contributed by atoms with van der Waals surface area (Å²) in [6, 6.07) is 8.33. The number of amidine groups is 1. The zero-order valence-corrected chi connectivity index (χ0v) is 14.4. The average Bonchev–Trinajstić information content (AvgIpc) is 2.46. The number of benzene rings is 1. The normalized spacial score (nSPS) is 12.6. The monoisotopic (exact) mass is 343 g/mol. The maximum atomic E-state index is 12.8. The van der Waals surface area contributed by atoms with E-state index in [9.17, 15) is 14.6 Å². The third-order valence-electron chi connectivity index (χ3n) is 2.36. The van der Waals surface area contributed by atoms with E-state index >= 15 is 0 Å². The standard InChI is InChI=1S/C14H22N3O5P/c1-10(2)21-23(20,22-11(3)4)14(17-19)16-15-13(18)12-8-6-5-7-9-12/h5-11,19H,1-4H3,(H,15,18)(H,16,17). The highest BCUT2D eigenvalue weighted by Gasteiger charge is 2.35. The fraction of sp³-hybridized carbons (Fsp3) is 0.429. The lowest BCUT2D eigenvalue weighted by atomic mass is 10.2. The van der Waals surface area contributed by atoms with Crippen LogP contribution < -0.4 is 10.9 Å². The van der Waals surface area contributed by atoms with Crippen molar-refractivity contribution in [3.8, 4) is 0 Å². The molecule has 23 heavy (non-hydrogen) atoms. The maximum absolute atomic E-state index is 12.8. The summed E-state index contributed by atoms with van der Waals surface area (Å²) >= 11 is 0. The molecule has 0 spiro atoms. The number of hydrazone groups is 1. The summed E-state index contributed by atoms with van der Waals surface area (Å²) in [4.78, 5) is 11.9. The van der Waals surface area contributed by atoms with Gasteiger partial charge in [0, 0.05) is 5.56 Å². The number of amides is 1. The smallest absolute Gasteiger partial charge is 0.300 e. The Morgan fingerprint density at radius 2 is 1.65 bits per heavy atom. The number of hydrogen-bond donors (Lipinski definition) is 3. The Bertz CT molecular complexity index is 575. The summed E-state index contributed by atoms with van der Waals surface area (Å²) in [5.74, 6) is -0.529. The summed E-state index contributed by atoms with van der Waals surface area (Å²) in [5, 5.41) is 12.8. The van der Waals surface area contributed by atoms with Crippen LogP contribution in [0.25, 0.3) is 0 Å². The van der Waals surface area contributed by atoms with Crippen LogP contribution in [0.4, 0.5) is 0 Å². The van der Waals surface area contributed by atoms with Crippen molar-refractivity contribution in [3.05, 3.63) is 35.9 Å². The van der Waals surface area contributed by atoms with E-state index < -0.39 is 31.3 Å². The van der Waals surface area contributed by atoms with Crippen LogP contribution in [0.3, 0.4) is 0 Å². The number of carbonyl (C=O) groups is 1. The van der Waals surface area contributed by atoms with Crippen molar-refractivity contribution < 1.29 is 23.6 Å². The highest BCUT2D eigenvalue weighted by atomic mass is 31.2. The summed E-state index contributed by atoms with van der Waals surface area (Å²) in [5.41, 5.74) is 3.74. The van der Waals surface area contributed by atoms with Gasteiger partial charge in [0.25, 0.3) is 11.5 Å². The Balaban J connectivity index is 2.97. The molecule has 1 aromatic carbocycles. The Morgan fingerprint density at radius 1 is 1.13 bits per heavy atom. The van der Waals surface area contributed by atoms with Gasteiger partial charge >= 0.3 is 7.60 Å². The molecule has 1 rings (SSSR count). The van der Waals surface area contributed by atoms with E-state index in [-0.39, 0.29) is 0 Å². The lowest BCUT2D eigenvalue weighted by Crippen LogP contribution is -2.29. The second-order valence-corrected chi connectivity index (χ2v) is 7.00. The number of nitrogens with one attached hydrogen (secondary N) is 2. The van der Waals surface area contributed by atoms with Gasteiger partial charge in [-0.2, -0.15) is 0 Å². The van der Waals surface area contributed by atoms with E-state index in [0.717, 1.165) is 0 Å². The molecule has 9 heteroatoms. The highest BCUT2D eigenvalue weighted by molar-refractivity contribution is 7.72. The van der Waals surface area contributed by atoms with E-state index in [2.05, 4.69) is 10.5 Å². The first-order valence-corrected chi connectivity index (χ1v) is 8.63. The molecule has 0 unspecified atom stereocenters. The van der Waals surface area contributed by atoms with Crippen molar-refractivity contribution >= 4 is 19.1 Å². The topological polar surface area (TPSA) is 109 Å². The van der Waals surface area contributed by atoms with Gasteiger partial charge in [-0.3, -0.25) is 14.6 Å². The van der Waals surface area contributed by atoms with Crippen LogP contribution >= 0.6 is 7.60 Å².